The Labute approximate surface area is 136 Å². The quantitative estimate of drug-likeness (QED) is 0.825. The topological polar surface area (TPSA) is 15.3 Å². The molecule has 0 spiro atoms. The summed E-state index contributed by atoms with van der Waals surface area (Å²) in [5.74, 6) is 0. The number of anilines is 1. The van der Waals surface area contributed by atoms with E-state index in [4.69, 9.17) is 0 Å². The van der Waals surface area contributed by atoms with Crippen LogP contribution in [0.4, 0.5) is 5.69 Å². The second-order valence-corrected chi connectivity index (χ2v) is 6.26. The van der Waals surface area contributed by atoms with Gasteiger partial charge in [0.25, 0.3) is 0 Å². The molecular formula is C18H23BrN2. The van der Waals surface area contributed by atoms with Crippen molar-refractivity contribution in [3.63, 3.8) is 0 Å². The van der Waals surface area contributed by atoms with Gasteiger partial charge in [-0.2, -0.15) is 0 Å². The van der Waals surface area contributed by atoms with Gasteiger partial charge in [0.2, 0.25) is 0 Å². The van der Waals surface area contributed by atoms with Gasteiger partial charge in [0.05, 0.1) is 0 Å². The van der Waals surface area contributed by atoms with Crippen LogP contribution in [0.25, 0.3) is 0 Å². The number of nitrogens with one attached hydrogen (secondary N) is 1. The Morgan fingerprint density at radius 3 is 2.38 bits per heavy atom. The Bertz CT molecular complexity index is 566. The molecule has 3 heteroatoms. The third-order valence-corrected chi connectivity index (χ3v) is 4.58. The molecule has 0 aliphatic heterocycles. The van der Waals surface area contributed by atoms with Gasteiger partial charge in [0, 0.05) is 29.8 Å². The number of hydrogen-bond acceptors (Lipinski definition) is 2. The molecule has 0 bridgehead atoms. The van der Waals surface area contributed by atoms with Gasteiger partial charge >= 0.3 is 0 Å². The Hall–Kier alpha value is -1.32. The maximum atomic E-state index is 3.64. The third kappa shape index (κ3) is 4.32. The lowest BCUT2D eigenvalue weighted by atomic mass is 10.0. The molecule has 0 radical (unpaired) electrons. The fraction of sp³-hybridized carbons (Fsp3) is 0.333. The summed E-state index contributed by atoms with van der Waals surface area (Å²) in [6.45, 7) is 3.13. The van der Waals surface area contributed by atoms with Crippen molar-refractivity contribution in [1.29, 1.82) is 0 Å². The molecule has 0 amide bonds. The van der Waals surface area contributed by atoms with E-state index in [1.54, 1.807) is 0 Å². The molecule has 2 aromatic rings. The molecule has 0 aromatic heterocycles. The average Bonchev–Trinajstić information content (AvgIpc) is 2.50. The van der Waals surface area contributed by atoms with Crippen molar-refractivity contribution in [2.75, 3.05) is 25.5 Å². The van der Waals surface area contributed by atoms with Crippen molar-refractivity contribution < 1.29 is 0 Å². The Morgan fingerprint density at radius 2 is 1.76 bits per heavy atom. The van der Waals surface area contributed by atoms with E-state index in [1.807, 2.05) is 7.05 Å². The molecule has 1 N–H and O–H groups in total. The average molecular weight is 347 g/mol. The van der Waals surface area contributed by atoms with Gasteiger partial charge < -0.3 is 10.2 Å². The van der Waals surface area contributed by atoms with Crippen molar-refractivity contribution in [1.82, 2.24) is 5.32 Å². The van der Waals surface area contributed by atoms with E-state index in [2.05, 4.69) is 88.6 Å². The lowest BCUT2D eigenvalue weighted by molar-refractivity contribution is 0.547. The van der Waals surface area contributed by atoms with Crippen LogP contribution in [0.1, 0.15) is 23.6 Å². The van der Waals surface area contributed by atoms with Crippen molar-refractivity contribution in [3.8, 4) is 0 Å². The summed E-state index contributed by atoms with van der Waals surface area (Å²) in [5, 5.41) is 3.42. The van der Waals surface area contributed by atoms with Gasteiger partial charge in [0.1, 0.15) is 0 Å². The molecule has 2 aromatic carbocycles. The maximum absolute atomic E-state index is 3.64. The maximum Gasteiger partial charge on any atom is 0.0363 e. The van der Waals surface area contributed by atoms with E-state index in [9.17, 15) is 0 Å². The van der Waals surface area contributed by atoms with Crippen molar-refractivity contribution >= 4 is 21.6 Å². The third-order valence-electron chi connectivity index (χ3n) is 3.86. The zero-order valence-electron chi connectivity index (χ0n) is 12.9. The van der Waals surface area contributed by atoms with E-state index in [1.165, 1.54) is 21.3 Å². The first kappa shape index (κ1) is 16.1. The highest BCUT2D eigenvalue weighted by molar-refractivity contribution is 9.10. The highest BCUT2D eigenvalue weighted by Crippen LogP contribution is 2.26. The zero-order chi connectivity index (χ0) is 15.2. The minimum atomic E-state index is 0.355. The molecule has 0 aliphatic rings. The molecule has 1 unspecified atom stereocenters. The summed E-state index contributed by atoms with van der Waals surface area (Å²) in [4.78, 5) is 2.31. The van der Waals surface area contributed by atoms with Gasteiger partial charge in [-0.3, -0.25) is 0 Å². The van der Waals surface area contributed by atoms with Crippen LogP contribution in [0, 0.1) is 6.92 Å². The number of aryl methyl sites for hydroxylation is 1. The number of benzene rings is 2. The van der Waals surface area contributed by atoms with Crippen LogP contribution < -0.4 is 10.2 Å². The number of halogens is 1. The second kappa shape index (κ2) is 7.62. The molecule has 0 fully saturated rings. The van der Waals surface area contributed by atoms with Gasteiger partial charge in [-0.05, 0) is 44.2 Å². The minimum absolute atomic E-state index is 0.355. The Morgan fingerprint density at radius 1 is 1.10 bits per heavy atom. The summed E-state index contributed by atoms with van der Waals surface area (Å²) >= 11 is 3.64. The lowest BCUT2D eigenvalue weighted by Gasteiger charge is -2.24. The van der Waals surface area contributed by atoms with Crippen LogP contribution in [0.3, 0.4) is 0 Å². The van der Waals surface area contributed by atoms with Crippen LogP contribution in [0.2, 0.25) is 0 Å². The molecule has 2 nitrogen and oxygen atoms in total. The molecule has 0 aliphatic carbocycles. The number of hydrogen-bond donors (Lipinski definition) is 1. The predicted octanol–water partition coefficient (Wildman–Crippen LogP) is 4.54. The van der Waals surface area contributed by atoms with E-state index < -0.39 is 0 Å². The Balaban J connectivity index is 2.00. The van der Waals surface area contributed by atoms with E-state index in [0.717, 1.165) is 13.0 Å². The minimum Gasteiger partial charge on any atom is -0.375 e. The van der Waals surface area contributed by atoms with E-state index in [-0.39, 0.29) is 0 Å². The molecule has 21 heavy (non-hydrogen) atoms. The molecule has 0 saturated carbocycles. The van der Waals surface area contributed by atoms with Gasteiger partial charge in [-0.15, -0.1) is 0 Å². The van der Waals surface area contributed by atoms with Gasteiger partial charge in [0.15, 0.2) is 0 Å². The van der Waals surface area contributed by atoms with Crippen LogP contribution in [0.5, 0.6) is 0 Å². The fourth-order valence-corrected chi connectivity index (χ4v) is 3.03. The summed E-state index contributed by atoms with van der Waals surface area (Å²) in [7, 11) is 4.17. The fourth-order valence-electron chi connectivity index (χ4n) is 2.46. The zero-order valence-corrected chi connectivity index (χ0v) is 14.5. The van der Waals surface area contributed by atoms with Crippen molar-refractivity contribution in [2.24, 2.45) is 0 Å². The second-order valence-electron chi connectivity index (χ2n) is 5.41. The smallest absolute Gasteiger partial charge is 0.0363 e. The van der Waals surface area contributed by atoms with E-state index in [0.29, 0.717) is 6.04 Å². The first-order valence-corrected chi connectivity index (χ1v) is 8.10. The first-order valence-electron chi connectivity index (χ1n) is 7.31. The van der Waals surface area contributed by atoms with Crippen molar-refractivity contribution in [2.45, 2.75) is 19.4 Å². The highest BCUT2D eigenvalue weighted by Gasteiger charge is 2.13. The monoisotopic (exact) mass is 346 g/mol. The number of nitrogens with zero attached hydrogens (tertiary/aromatic N) is 1. The molecular weight excluding hydrogens is 324 g/mol. The van der Waals surface area contributed by atoms with Crippen molar-refractivity contribution in [3.05, 3.63) is 64.1 Å². The van der Waals surface area contributed by atoms with Crippen LogP contribution in [0.15, 0.2) is 53.0 Å². The largest absolute Gasteiger partial charge is 0.375 e. The standard InChI is InChI=1S/C18H23BrN2/c1-14-8-10-15(11-9-14)21(3)13-12-18(20-2)16-6-4-5-7-17(16)19/h4-11,18,20H,12-13H2,1-3H3. The highest BCUT2D eigenvalue weighted by atomic mass is 79.9. The summed E-state index contributed by atoms with van der Waals surface area (Å²) in [6.07, 6.45) is 1.06. The molecule has 2 rings (SSSR count). The normalized spacial score (nSPS) is 12.2. The molecule has 1 atom stereocenters. The number of rotatable bonds is 6. The Kier molecular flexibility index (Phi) is 5.83. The van der Waals surface area contributed by atoms with Crippen LogP contribution in [-0.2, 0) is 0 Å². The predicted molar refractivity (Wildman–Crippen MR) is 95.0 cm³/mol. The summed E-state index contributed by atoms with van der Waals surface area (Å²) < 4.78 is 1.17. The van der Waals surface area contributed by atoms with Crippen LogP contribution in [-0.4, -0.2) is 20.6 Å². The van der Waals surface area contributed by atoms with Gasteiger partial charge in [-0.1, -0.05) is 51.8 Å². The van der Waals surface area contributed by atoms with Gasteiger partial charge in [-0.25, -0.2) is 0 Å². The summed E-state index contributed by atoms with van der Waals surface area (Å²) in [6, 6.07) is 17.5. The lowest BCUT2D eigenvalue weighted by Crippen LogP contribution is -2.25. The molecule has 0 saturated heterocycles. The molecule has 112 valence electrons. The van der Waals surface area contributed by atoms with Crippen LogP contribution >= 0.6 is 15.9 Å². The first-order chi connectivity index (χ1) is 10.1. The summed E-state index contributed by atoms with van der Waals surface area (Å²) in [5.41, 5.74) is 3.88. The molecule has 0 heterocycles. The van der Waals surface area contributed by atoms with E-state index >= 15 is 0 Å². The SMILES string of the molecule is CNC(CCN(C)c1ccc(C)cc1)c1ccccc1Br.